The monoisotopic (exact) mass is 339 g/mol. The van der Waals surface area contributed by atoms with Gasteiger partial charge in [0.2, 0.25) is 5.79 Å². The fourth-order valence-electron chi connectivity index (χ4n) is 3.02. The van der Waals surface area contributed by atoms with Crippen molar-refractivity contribution in [3.05, 3.63) is 34.9 Å². The van der Waals surface area contributed by atoms with Gasteiger partial charge in [0.05, 0.1) is 0 Å². The van der Waals surface area contributed by atoms with Gasteiger partial charge >= 0.3 is 5.97 Å². The third-order valence-corrected chi connectivity index (χ3v) is 4.27. The second-order valence-corrected chi connectivity index (χ2v) is 6.71. The number of benzene rings is 1. The van der Waals surface area contributed by atoms with E-state index in [2.05, 4.69) is 0 Å². The van der Waals surface area contributed by atoms with Crippen molar-refractivity contribution in [3.63, 3.8) is 0 Å². The lowest BCUT2D eigenvalue weighted by atomic mass is 9.75. The standard InChI is InChI=1S/C17H22ClNO4/c1-11(20)22-16(2,3)23-14-9-6-10-17(19,15(14)21)12-7-4-5-8-13(12)18/h4-5,7-8,14H,6,9-10,19H2,1-3H3/t14-,17-/m0/s1. The highest BCUT2D eigenvalue weighted by Gasteiger charge is 2.46. The van der Waals surface area contributed by atoms with Gasteiger partial charge in [0.25, 0.3) is 0 Å². The van der Waals surface area contributed by atoms with Gasteiger partial charge in [0, 0.05) is 25.8 Å². The largest absolute Gasteiger partial charge is 0.434 e. The van der Waals surface area contributed by atoms with Crippen LogP contribution < -0.4 is 5.73 Å². The molecule has 0 unspecified atom stereocenters. The number of ether oxygens (including phenoxy) is 2. The average molecular weight is 340 g/mol. The fourth-order valence-corrected chi connectivity index (χ4v) is 3.33. The molecule has 1 aromatic carbocycles. The van der Waals surface area contributed by atoms with Crippen LogP contribution >= 0.6 is 11.6 Å². The first-order valence-electron chi connectivity index (χ1n) is 7.61. The van der Waals surface area contributed by atoms with Crippen molar-refractivity contribution in [2.75, 3.05) is 0 Å². The molecule has 0 aromatic heterocycles. The van der Waals surface area contributed by atoms with E-state index in [1.165, 1.54) is 6.92 Å². The fraction of sp³-hybridized carbons (Fsp3) is 0.529. The number of Topliss-reactive ketones (excluding diaryl/α,β-unsaturated/α-hetero) is 1. The third-order valence-electron chi connectivity index (χ3n) is 3.94. The molecule has 1 aliphatic carbocycles. The molecule has 23 heavy (non-hydrogen) atoms. The van der Waals surface area contributed by atoms with E-state index in [0.29, 0.717) is 29.8 Å². The van der Waals surface area contributed by atoms with Crippen LogP contribution in [0.3, 0.4) is 0 Å². The SMILES string of the molecule is CC(=O)OC(C)(C)O[C@H]1CCC[C@](N)(c2ccccc2Cl)C1=O. The zero-order valence-corrected chi connectivity index (χ0v) is 14.4. The van der Waals surface area contributed by atoms with Gasteiger partial charge in [0.1, 0.15) is 11.6 Å². The first-order chi connectivity index (χ1) is 10.7. The van der Waals surface area contributed by atoms with Crippen molar-refractivity contribution >= 4 is 23.4 Å². The summed E-state index contributed by atoms with van der Waals surface area (Å²) in [4.78, 5) is 24.1. The van der Waals surface area contributed by atoms with E-state index in [1.807, 2.05) is 0 Å². The summed E-state index contributed by atoms with van der Waals surface area (Å²) < 4.78 is 10.8. The predicted molar refractivity (Wildman–Crippen MR) is 86.9 cm³/mol. The van der Waals surface area contributed by atoms with Crippen molar-refractivity contribution in [1.29, 1.82) is 0 Å². The van der Waals surface area contributed by atoms with Crippen LogP contribution in [0.15, 0.2) is 24.3 Å². The van der Waals surface area contributed by atoms with Gasteiger partial charge in [-0.1, -0.05) is 29.8 Å². The maximum atomic E-state index is 12.9. The van der Waals surface area contributed by atoms with Gasteiger partial charge < -0.3 is 15.2 Å². The number of carbonyl (C=O) groups is 2. The van der Waals surface area contributed by atoms with Gasteiger partial charge in [0.15, 0.2) is 5.78 Å². The molecule has 5 nitrogen and oxygen atoms in total. The topological polar surface area (TPSA) is 78.6 Å². The smallest absolute Gasteiger partial charge is 0.305 e. The van der Waals surface area contributed by atoms with E-state index in [1.54, 1.807) is 38.1 Å². The zero-order chi connectivity index (χ0) is 17.3. The summed E-state index contributed by atoms with van der Waals surface area (Å²) >= 11 is 6.22. The molecular formula is C17H22ClNO4. The summed E-state index contributed by atoms with van der Waals surface area (Å²) in [5, 5.41) is 0.461. The van der Waals surface area contributed by atoms with Crippen LogP contribution in [0, 0.1) is 0 Å². The molecule has 0 saturated heterocycles. The Kier molecular flexibility index (Phi) is 5.14. The van der Waals surface area contributed by atoms with Crippen molar-refractivity contribution < 1.29 is 19.1 Å². The lowest BCUT2D eigenvalue weighted by molar-refractivity contribution is -0.233. The lowest BCUT2D eigenvalue weighted by Gasteiger charge is -2.39. The molecule has 2 rings (SSSR count). The molecule has 126 valence electrons. The van der Waals surface area contributed by atoms with E-state index in [0.717, 1.165) is 0 Å². The Hall–Kier alpha value is -1.43. The number of esters is 1. The first-order valence-corrected chi connectivity index (χ1v) is 7.99. The average Bonchev–Trinajstić information content (AvgIpc) is 2.43. The minimum Gasteiger partial charge on any atom is -0.434 e. The number of hydrogen-bond donors (Lipinski definition) is 1. The van der Waals surface area contributed by atoms with E-state index in [-0.39, 0.29) is 5.78 Å². The normalized spacial score (nSPS) is 25.3. The molecule has 2 atom stereocenters. The van der Waals surface area contributed by atoms with E-state index >= 15 is 0 Å². The maximum absolute atomic E-state index is 12.9. The van der Waals surface area contributed by atoms with Gasteiger partial charge in [-0.05, 0) is 30.9 Å². The Labute approximate surface area is 141 Å². The number of ketones is 1. The minimum atomic E-state index is -1.19. The van der Waals surface area contributed by atoms with Gasteiger partial charge in [-0.3, -0.25) is 9.59 Å². The van der Waals surface area contributed by atoms with Crippen molar-refractivity contribution in [3.8, 4) is 0 Å². The number of rotatable bonds is 4. The summed E-state index contributed by atoms with van der Waals surface area (Å²) in [6.07, 6.45) is 1.02. The van der Waals surface area contributed by atoms with Gasteiger partial charge in [-0.25, -0.2) is 0 Å². The first kappa shape index (κ1) is 17.9. The minimum absolute atomic E-state index is 0.239. The van der Waals surface area contributed by atoms with E-state index < -0.39 is 23.4 Å². The van der Waals surface area contributed by atoms with Crippen LogP contribution in [0.2, 0.25) is 5.02 Å². The van der Waals surface area contributed by atoms with Crippen molar-refractivity contribution in [2.24, 2.45) is 5.73 Å². The molecule has 0 radical (unpaired) electrons. The molecule has 2 N–H and O–H groups in total. The Bertz CT molecular complexity index is 616. The lowest BCUT2D eigenvalue weighted by Crippen LogP contribution is -2.55. The molecule has 0 bridgehead atoms. The predicted octanol–water partition coefficient (Wildman–Crippen LogP) is 2.93. The molecule has 6 heteroatoms. The molecule has 1 aromatic rings. The third kappa shape index (κ3) is 3.91. The Morgan fingerprint density at radius 3 is 2.65 bits per heavy atom. The Morgan fingerprint density at radius 2 is 2.04 bits per heavy atom. The van der Waals surface area contributed by atoms with Crippen LogP contribution in [0.5, 0.6) is 0 Å². The molecule has 1 saturated carbocycles. The quantitative estimate of drug-likeness (QED) is 0.674. The molecule has 1 aliphatic rings. The highest BCUT2D eigenvalue weighted by molar-refractivity contribution is 6.31. The highest BCUT2D eigenvalue weighted by Crippen LogP contribution is 2.37. The number of nitrogens with two attached hydrogens (primary N) is 1. The summed E-state index contributed by atoms with van der Waals surface area (Å²) in [6.45, 7) is 4.50. The molecule has 0 spiro atoms. The van der Waals surface area contributed by atoms with Crippen LogP contribution in [0.4, 0.5) is 0 Å². The number of halogens is 1. The molecule has 0 amide bonds. The molecular weight excluding hydrogens is 318 g/mol. The maximum Gasteiger partial charge on any atom is 0.305 e. The summed E-state index contributed by atoms with van der Waals surface area (Å²) in [5.41, 5.74) is 5.83. The van der Waals surface area contributed by atoms with Crippen LogP contribution in [0.25, 0.3) is 0 Å². The second kappa shape index (κ2) is 6.59. The molecule has 0 aliphatic heterocycles. The molecule has 1 fully saturated rings. The summed E-state index contributed by atoms with van der Waals surface area (Å²) in [6, 6.07) is 7.07. The number of carbonyl (C=O) groups excluding carboxylic acids is 2. The second-order valence-electron chi connectivity index (χ2n) is 6.31. The Balaban J connectivity index is 2.25. The van der Waals surface area contributed by atoms with E-state index in [4.69, 9.17) is 26.8 Å². The van der Waals surface area contributed by atoms with Crippen LogP contribution in [-0.2, 0) is 24.6 Å². The van der Waals surface area contributed by atoms with Crippen molar-refractivity contribution in [2.45, 2.75) is 57.5 Å². The van der Waals surface area contributed by atoms with Crippen molar-refractivity contribution in [1.82, 2.24) is 0 Å². The van der Waals surface area contributed by atoms with Gasteiger partial charge in [-0.2, -0.15) is 0 Å². The van der Waals surface area contributed by atoms with Gasteiger partial charge in [-0.15, -0.1) is 0 Å². The van der Waals surface area contributed by atoms with E-state index in [9.17, 15) is 9.59 Å². The summed E-state index contributed by atoms with van der Waals surface area (Å²) in [5.74, 6) is -1.90. The highest BCUT2D eigenvalue weighted by atomic mass is 35.5. The summed E-state index contributed by atoms with van der Waals surface area (Å²) in [7, 11) is 0. The zero-order valence-electron chi connectivity index (χ0n) is 13.6. The number of hydrogen-bond acceptors (Lipinski definition) is 5. The Morgan fingerprint density at radius 1 is 1.39 bits per heavy atom. The van der Waals surface area contributed by atoms with Crippen LogP contribution in [-0.4, -0.2) is 23.6 Å². The molecule has 0 heterocycles. The van der Waals surface area contributed by atoms with Crippen LogP contribution in [0.1, 0.15) is 45.6 Å².